The van der Waals surface area contributed by atoms with Crippen LogP contribution >= 0.6 is 11.8 Å². The molecule has 0 radical (unpaired) electrons. The van der Waals surface area contributed by atoms with Gasteiger partial charge in [-0.1, -0.05) is 152 Å². The molecule has 0 amide bonds. The Morgan fingerprint density at radius 2 is 1.07 bits per heavy atom. The second-order valence-electron chi connectivity index (χ2n) is 10.8. The fourth-order valence-electron chi connectivity index (χ4n) is 5.20. The van der Waals surface area contributed by atoms with E-state index in [4.69, 9.17) is 0 Å². The number of rotatable bonds is 9. The van der Waals surface area contributed by atoms with E-state index in [9.17, 15) is 0 Å². The third-order valence-corrected chi connectivity index (χ3v) is 8.66. The van der Waals surface area contributed by atoms with Crippen LogP contribution < -0.4 is 4.90 Å². The number of hydrogen-bond acceptors (Lipinski definition) is 2. The van der Waals surface area contributed by atoms with E-state index >= 15 is 0 Å². The highest BCUT2D eigenvalue weighted by Gasteiger charge is 2.12. The topological polar surface area (TPSA) is 3.24 Å². The van der Waals surface area contributed by atoms with E-state index in [0.717, 1.165) is 17.1 Å². The Hall–Kier alpha value is -5.31. The van der Waals surface area contributed by atoms with Gasteiger partial charge in [0.15, 0.2) is 0 Å². The maximum absolute atomic E-state index is 3.97. The van der Waals surface area contributed by atoms with Crippen molar-refractivity contribution in [2.75, 3.05) is 4.90 Å². The molecule has 226 valence electrons. The van der Waals surface area contributed by atoms with Crippen LogP contribution in [0.25, 0.3) is 22.3 Å². The zero-order valence-corrected chi connectivity index (χ0v) is 27.3. The molecule has 0 aliphatic heterocycles. The minimum absolute atomic E-state index is 0.981. The second-order valence-corrected chi connectivity index (χ2v) is 12.0. The maximum Gasteiger partial charge on any atom is 0.0462 e. The molecular weight excluding hydrogens is 575 g/mol. The van der Waals surface area contributed by atoms with Crippen LogP contribution in [0, 0.1) is 13.8 Å². The van der Waals surface area contributed by atoms with E-state index in [0.29, 0.717) is 0 Å². The summed E-state index contributed by atoms with van der Waals surface area (Å²) in [6.07, 6.45) is 5.60. The van der Waals surface area contributed by atoms with Gasteiger partial charge in [-0.15, -0.1) is 0 Å². The minimum Gasteiger partial charge on any atom is -0.311 e. The molecule has 0 aromatic heterocycles. The summed E-state index contributed by atoms with van der Waals surface area (Å²) in [5.74, 6) is 0. The Kier molecular flexibility index (Phi) is 11.3. The van der Waals surface area contributed by atoms with Crippen molar-refractivity contribution >= 4 is 23.1 Å². The molecule has 0 aliphatic carbocycles. The largest absolute Gasteiger partial charge is 0.311 e. The molecule has 0 N–H and O–H groups in total. The molecule has 6 aromatic rings. The van der Waals surface area contributed by atoms with Crippen molar-refractivity contribution in [3.05, 3.63) is 206 Å². The predicted molar refractivity (Wildman–Crippen MR) is 201 cm³/mol. The summed E-state index contributed by atoms with van der Waals surface area (Å²) in [6.45, 7) is 12.1. The van der Waals surface area contributed by atoms with Gasteiger partial charge in [0, 0.05) is 26.9 Å². The zero-order valence-electron chi connectivity index (χ0n) is 26.5. The summed E-state index contributed by atoms with van der Waals surface area (Å²) in [5, 5.41) is 0. The van der Waals surface area contributed by atoms with E-state index in [2.05, 4.69) is 171 Å². The fourth-order valence-corrected chi connectivity index (χ4v) is 6.18. The average Bonchev–Trinajstić information content (AvgIpc) is 3.10. The van der Waals surface area contributed by atoms with Crippen LogP contribution in [-0.2, 0) is 0 Å². The van der Waals surface area contributed by atoms with Crippen molar-refractivity contribution in [3.8, 4) is 22.3 Å². The van der Waals surface area contributed by atoms with Crippen LogP contribution in [-0.4, -0.2) is 0 Å². The Labute approximate surface area is 278 Å². The van der Waals surface area contributed by atoms with Gasteiger partial charge in [-0.2, -0.15) is 0 Å². The molecule has 46 heavy (non-hydrogen) atoms. The number of para-hydroxylation sites is 1. The lowest BCUT2D eigenvalue weighted by atomic mass is 10.0. The highest BCUT2D eigenvalue weighted by molar-refractivity contribution is 7.99. The Bertz CT molecular complexity index is 1890. The van der Waals surface area contributed by atoms with Gasteiger partial charge in [0.2, 0.25) is 0 Å². The molecule has 1 nitrogen and oxygen atoms in total. The average molecular weight is 614 g/mol. The van der Waals surface area contributed by atoms with E-state index in [1.807, 2.05) is 42.1 Å². The first kappa shape index (κ1) is 32.1. The number of allylic oxidation sites excluding steroid dienone is 3. The van der Waals surface area contributed by atoms with Gasteiger partial charge >= 0.3 is 0 Å². The molecule has 0 heterocycles. The third kappa shape index (κ3) is 8.24. The monoisotopic (exact) mass is 613 g/mol. The number of benzene rings is 6. The van der Waals surface area contributed by atoms with E-state index in [1.165, 1.54) is 43.2 Å². The molecule has 0 spiro atoms. The van der Waals surface area contributed by atoms with Crippen LogP contribution in [0.2, 0.25) is 0 Å². The first-order valence-corrected chi connectivity index (χ1v) is 16.2. The van der Waals surface area contributed by atoms with Crippen LogP contribution in [0.1, 0.15) is 11.1 Å². The summed E-state index contributed by atoms with van der Waals surface area (Å²) in [5.41, 5.74) is 10.8. The molecular formula is C44H39NS. The van der Waals surface area contributed by atoms with Crippen molar-refractivity contribution in [3.63, 3.8) is 0 Å². The normalized spacial score (nSPS) is 10.8. The lowest BCUT2D eigenvalue weighted by Crippen LogP contribution is -2.14. The summed E-state index contributed by atoms with van der Waals surface area (Å²) < 4.78 is 0. The quantitative estimate of drug-likeness (QED) is 0.149. The molecule has 0 unspecified atom stereocenters. The van der Waals surface area contributed by atoms with Gasteiger partial charge in [0.1, 0.15) is 0 Å². The van der Waals surface area contributed by atoms with Crippen molar-refractivity contribution in [2.45, 2.75) is 23.6 Å². The van der Waals surface area contributed by atoms with Crippen molar-refractivity contribution < 1.29 is 0 Å². The van der Waals surface area contributed by atoms with Gasteiger partial charge in [0.05, 0.1) is 0 Å². The summed E-state index contributed by atoms with van der Waals surface area (Å²) >= 11 is 1.82. The van der Waals surface area contributed by atoms with Crippen LogP contribution in [0.4, 0.5) is 11.4 Å². The number of hydrogen-bond donors (Lipinski definition) is 0. The summed E-state index contributed by atoms with van der Waals surface area (Å²) in [4.78, 5) is 4.75. The Balaban J connectivity index is 0.000000187. The van der Waals surface area contributed by atoms with Crippen LogP contribution in [0.5, 0.6) is 0 Å². The number of aryl methyl sites for hydroxylation is 2. The van der Waals surface area contributed by atoms with Gasteiger partial charge in [-0.05, 0) is 96.3 Å². The van der Waals surface area contributed by atoms with E-state index in [1.54, 1.807) is 6.08 Å². The lowest BCUT2D eigenvalue weighted by molar-refractivity contribution is 1.21. The van der Waals surface area contributed by atoms with Crippen LogP contribution in [0.3, 0.4) is 0 Å². The summed E-state index contributed by atoms with van der Waals surface area (Å²) in [7, 11) is 0. The Morgan fingerprint density at radius 1 is 0.543 bits per heavy atom. The van der Waals surface area contributed by atoms with Gasteiger partial charge in [-0.3, -0.25) is 0 Å². The van der Waals surface area contributed by atoms with Gasteiger partial charge < -0.3 is 4.90 Å². The molecule has 0 aliphatic rings. The molecule has 6 aromatic carbocycles. The lowest BCUT2D eigenvalue weighted by Gasteiger charge is -2.26. The molecule has 6 rings (SSSR count). The van der Waals surface area contributed by atoms with E-state index in [-0.39, 0.29) is 0 Å². The summed E-state index contributed by atoms with van der Waals surface area (Å²) in [6, 6.07) is 55.2. The van der Waals surface area contributed by atoms with Crippen molar-refractivity contribution in [2.24, 2.45) is 0 Å². The maximum atomic E-state index is 3.97. The Morgan fingerprint density at radius 3 is 1.67 bits per heavy atom. The third-order valence-electron chi connectivity index (χ3n) is 7.57. The van der Waals surface area contributed by atoms with Crippen LogP contribution in [0.15, 0.2) is 205 Å². The molecule has 0 saturated carbocycles. The second kappa shape index (κ2) is 16.1. The fraction of sp³-hybridized carbons (Fsp3) is 0.0455. The molecule has 0 fully saturated rings. The smallest absolute Gasteiger partial charge is 0.0462 e. The van der Waals surface area contributed by atoms with Gasteiger partial charge in [0.25, 0.3) is 0 Å². The van der Waals surface area contributed by atoms with E-state index < -0.39 is 0 Å². The predicted octanol–water partition coefficient (Wildman–Crippen LogP) is 12.9. The highest BCUT2D eigenvalue weighted by Crippen LogP contribution is 2.37. The first-order valence-electron chi connectivity index (χ1n) is 15.4. The number of nitrogens with zero attached hydrogens (tertiary/aromatic N) is 1. The standard InChI is InChI=1S/C25H23N.C19H16S/c1-4-9-23(5-2)26(24-10-7-6-8-11-24)25-18-16-22(17-19-25)21-14-12-20(3)13-15-21;1-15-9-5-6-12-17(15)18-13-7-8-14-19(18)20-16-10-3-2-4-11-16/h4-19H,1-2H2,3H3;2-14H,1H3/b23-9+;. The SMILES string of the molecule is C=C/C=C(\C=C)N(c1ccccc1)c1ccc(-c2ccc(C)cc2)cc1.Cc1ccccc1-c1ccccc1Sc1ccccc1. The zero-order chi connectivity index (χ0) is 32.1. The molecule has 0 bridgehead atoms. The molecule has 0 atom stereocenters. The minimum atomic E-state index is 0.981. The van der Waals surface area contributed by atoms with Crippen molar-refractivity contribution in [1.29, 1.82) is 0 Å². The number of anilines is 2. The molecule has 2 heteroatoms. The first-order chi connectivity index (χ1) is 22.6. The molecule has 0 saturated heterocycles. The highest BCUT2D eigenvalue weighted by atomic mass is 32.2. The van der Waals surface area contributed by atoms with Crippen molar-refractivity contribution in [1.82, 2.24) is 0 Å². The van der Waals surface area contributed by atoms with Gasteiger partial charge in [-0.25, -0.2) is 0 Å².